The van der Waals surface area contributed by atoms with Gasteiger partial charge < -0.3 is 10.2 Å². The number of aliphatic hydroxyl groups excluding tert-OH is 2. The van der Waals surface area contributed by atoms with E-state index >= 15 is 0 Å². The molecule has 0 spiro atoms. The van der Waals surface area contributed by atoms with Crippen LogP contribution < -0.4 is 0 Å². The third-order valence-electron chi connectivity index (χ3n) is 2.19. The first-order chi connectivity index (χ1) is 7.70. The Morgan fingerprint density at radius 1 is 0.882 bits per heavy atom. The summed E-state index contributed by atoms with van der Waals surface area (Å²) < 4.78 is 0. The topological polar surface area (TPSA) is 40.5 Å². The van der Waals surface area contributed by atoms with E-state index in [-0.39, 0.29) is 17.1 Å². The van der Waals surface area contributed by atoms with E-state index in [4.69, 9.17) is 5.11 Å². The minimum atomic E-state index is -0.523. The monoisotopic (exact) mass is 274 g/mol. The third-order valence-corrected chi connectivity index (χ3v) is 2.19. The Bertz CT molecular complexity index is 156. The van der Waals surface area contributed by atoms with Gasteiger partial charge >= 0.3 is 17.1 Å². The second-order valence-corrected chi connectivity index (χ2v) is 3.78. The molecule has 2 nitrogen and oxygen atoms in total. The van der Waals surface area contributed by atoms with Crippen molar-refractivity contribution in [2.75, 3.05) is 0 Å². The molecule has 0 aliphatic heterocycles. The van der Waals surface area contributed by atoms with Crippen LogP contribution in [0.15, 0.2) is 0 Å². The average Bonchev–Trinajstić information content (AvgIpc) is 2.94. The molecule has 0 amide bonds. The molecule has 2 rings (SSSR count). The minimum Gasteiger partial charge on any atom is -0.393 e. The first-order valence-corrected chi connectivity index (χ1v) is 5.44. The third kappa shape index (κ3) is 8.20. The normalized spacial score (nSPS) is 23.5. The standard InChI is InChI=1S/C9H13O2.C5H5.Fe/c1-7(10)6-9(11)8-4-2-3-5-8;1-2-4-5-3-1;/h2-5,7,9-11H,6H2,1H3;1-5H;/q;;+2/t7-,9+;;/m1../s1. The zero-order valence-corrected chi connectivity index (χ0v) is 10.9. The first kappa shape index (κ1) is 17.4. The quantitative estimate of drug-likeness (QED) is 0.766. The van der Waals surface area contributed by atoms with Crippen molar-refractivity contribution < 1.29 is 27.3 Å². The van der Waals surface area contributed by atoms with Gasteiger partial charge in [-0.05, 0) is 71.1 Å². The molecule has 0 aromatic carbocycles. The molecule has 2 N–H and O–H groups in total. The molecule has 0 saturated heterocycles. The van der Waals surface area contributed by atoms with Gasteiger partial charge in [0.25, 0.3) is 0 Å². The van der Waals surface area contributed by atoms with Crippen LogP contribution in [0.3, 0.4) is 0 Å². The summed E-state index contributed by atoms with van der Waals surface area (Å²) in [4.78, 5) is 0. The molecule has 0 bridgehead atoms. The fraction of sp³-hybridized carbons (Fsp3) is 0.286. The van der Waals surface area contributed by atoms with Crippen LogP contribution in [-0.4, -0.2) is 22.4 Å². The van der Waals surface area contributed by atoms with Gasteiger partial charge in [-0.1, -0.05) is 0 Å². The molecule has 3 heteroatoms. The van der Waals surface area contributed by atoms with Gasteiger partial charge in [0.2, 0.25) is 0 Å². The van der Waals surface area contributed by atoms with Crippen molar-refractivity contribution in [3.05, 3.63) is 63.7 Å². The Morgan fingerprint density at radius 2 is 1.29 bits per heavy atom. The molecule has 17 heavy (non-hydrogen) atoms. The van der Waals surface area contributed by atoms with Gasteiger partial charge in [-0.2, -0.15) is 0 Å². The first-order valence-electron chi connectivity index (χ1n) is 5.44. The molecule has 2 aliphatic carbocycles. The van der Waals surface area contributed by atoms with Gasteiger partial charge in [0.05, 0.1) is 12.2 Å². The van der Waals surface area contributed by atoms with Crippen LogP contribution in [-0.2, 0) is 17.1 Å². The van der Waals surface area contributed by atoms with Gasteiger partial charge in [-0.3, -0.25) is 0 Å². The largest absolute Gasteiger partial charge is 2.00 e. The summed E-state index contributed by atoms with van der Waals surface area (Å²) in [6.45, 7) is 1.67. The van der Waals surface area contributed by atoms with Crippen LogP contribution in [0.4, 0.5) is 0 Å². The fourth-order valence-electron chi connectivity index (χ4n) is 1.39. The summed E-state index contributed by atoms with van der Waals surface area (Å²) in [5.41, 5.74) is 0. The molecule has 0 aromatic rings. The maximum absolute atomic E-state index is 9.42. The molecule has 2 aliphatic rings. The molecule has 2 fully saturated rings. The number of hydrogen-bond acceptors (Lipinski definition) is 2. The maximum Gasteiger partial charge on any atom is 2.00 e. The van der Waals surface area contributed by atoms with Crippen molar-refractivity contribution in [1.82, 2.24) is 0 Å². The van der Waals surface area contributed by atoms with Gasteiger partial charge in [0.15, 0.2) is 0 Å². The Hall–Kier alpha value is 0.439. The molecule has 0 heterocycles. The summed E-state index contributed by atoms with van der Waals surface area (Å²) >= 11 is 0. The molecular formula is C14H18FeO2+2. The molecule has 2 atom stereocenters. The maximum atomic E-state index is 9.42. The average molecular weight is 274 g/mol. The van der Waals surface area contributed by atoms with E-state index in [0.717, 1.165) is 5.92 Å². The van der Waals surface area contributed by atoms with Crippen molar-refractivity contribution in [2.24, 2.45) is 0 Å². The van der Waals surface area contributed by atoms with Crippen LogP contribution in [0.5, 0.6) is 0 Å². The van der Waals surface area contributed by atoms with Gasteiger partial charge in [0, 0.05) is 5.92 Å². The van der Waals surface area contributed by atoms with E-state index in [1.54, 1.807) is 6.92 Å². The van der Waals surface area contributed by atoms with Gasteiger partial charge in [-0.15, -0.1) is 0 Å². The molecule has 0 unspecified atom stereocenters. The van der Waals surface area contributed by atoms with Crippen LogP contribution in [0, 0.1) is 63.7 Å². The minimum absolute atomic E-state index is 0. The fourth-order valence-corrected chi connectivity index (χ4v) is 1.39. The zero-order chi connectivity index (χ0) is 11.8. The van der Waals surface area contributed by atoms with Gasteiger partial charge in [0.1, 0.15) is 0 Å². The van der Waals surface area contributed by atoms with Crippen LogP contribution in [0.1, 0.15) is 13.3 Å². The van der Waals surface area contributed by atoms with E-state index in [1.165, 1.54) is 0 Å². The molecular weight excluding hydrogens is 256 g/mol. The number of hydrogen-bond donors (Lipinski definition) is 2. The Kier molecular flexibility index (Phi) is 10.6. The van der Waals surface area contributed by atoms with Crippen molar-refractivity contribution >= 4 is 0 Å². The predicted octanol–water partition coefficient (Wildman–Crippen LogP) is 1.54. The number of aliphatic hydroxyl groups is 2. The Labute approximate surface area is 117 Å². The van der Waals surface area contributed by atoms with Gasteiger partial charge in [-0.25, -0.2) is 0 Å². The summed E-state index contributed by atoms with van der Waals surface area (Å²) in [5, 5.41) is 18.4. The SMILES string of the molecule is C[C@@H](O)C[C@H](O)[C]1[CH][CH][CH][CH]1.[CH]1[CH][CH][CH][CH]1.[Fe+2]. The van der Waals surface area contributed by atoms with Crippen LogP contribution >= 0.6 is 0 Å². The second kappa shape index (κ2) is 10.4. The Morgan fingerprint density at radius 3 is 1.65 bits per heavy atom. The smallest absolute Gasteiger partial charge is 0.393 e. The summed E-state index contributed by atoms with van der Waals surface area (Å²) in [5.74, 6) is 0.880. The Balaban J connectivity index is 0.000000360. The van der Waals surface area contributed by atoms with Crippen molar-refractivity contribution in [3.63, 3.8) is 0 Å². The van der Waals surface area contributed by atoms with Crippen molar-refractivity contribution in [2.45, 2.75) is 25.6 Å². The van der Waals surface area contributed by atoms with Crippen molar-refractivity contribution in [3.8, 4) is 0 Å². The molecule has 2 saturated carbocycles. The van der Waals surface area contributed by atoms with E-state index in [1.807, 2.05) is 57.8 Å². The van der Waals surface area contributed by atoms with E-state index in [2.05, 4.69) is 0 Å². The summed E-state index contributed by atoms with van der Waals surface area (Å²) in [7, 11) is 0. The second-order valence-electron chi connectivity index (χ2n) is 3.78. The van der Waals surface area contributed by atoms with E-state index in [0.29, 0.717) is 6.42 Å². The predicted molar refractivity (Wildman–Crippen MR) is 64.2 cm³/mol. The summed E-state index contributed by atoms with van der Waals surface area (Å²) in [6, 6.07) is 0. The molecule has 0 aromatic heterocycles. The number of rotatable bonds is 3. The van der Waals surface area contributed by atoms with Crippen LogP contribution in [0.25, 0.3) is 0 Å². The molecule has 10 radical (unpaired) electrons. The van der Waals surface area contributed by atoms with E-state index in [9.17, 15) is 5.11 Å². The summed E-state index contributed by atoms with van der Waals surface area (Å²) in [6.07, 6.45) is 16.9. The van der Waals surface area contributed by atoms with E-state index < -0.39 is 12.2 Å². The molecule has 92 valence electrons. The van der Waals surface area contributed by atoms with Crippen molar-refractivity contribution in [1.29, 1.82) is 0 Å². The van der Waals surface area contributed by atoms with Crippen LogP contribution in [0.2, 0.25) is 0 Å². The zero-order valence-electron chi connectivity index (χ0n) is 9.81.